The summed E-state index contributed by atoms with van der Waals surface area (Å²) >= 11 is 12.7. The van der Waals surface area contributed by atoms with Gasteiger partial charge in [-0.05, 0) is 70.0 Å². The van der Waals surface area contributed by atoms with Crippen molar-refractivity contribution >= 4 is 70.1 Å². The van der Waals surface area contributed by atoms with Gasteiger partial charge >= 0.3 is 17.9 Å². The molecule has 0 saturated heterocycles. The normalized spacial score (nSPS) is 12.5. The van der Waals surface area contributed by atoms with E-state index in [1.54, 1.807) is 0 Å². The maximum atomic E-state index is 13.2. The standard InChI is InChI=1S/C48H70Cl2N2O9/c1-6-8-10-12-14-16-18-20-22-24-30-59-46(56)34(3)43(53)37-26-28-39(49)41(32-37)51-44(54)35(4)45(55)52-42-33-38(27-29-40(42)50)48(58)61-36(5)47(57)60-31-25-23-21-19-17-15-13-11-9-7-2/h26-29,32-36H,6-25,30-31H2,1-5H3,(H,51,54)(H,52,55). The van der Waals surface area contributed by atoms with Crippen LogP contribution in [0.1, 0.15) is 184 Å². The maximum Gasteiger partial charge on any atom is 0.347 e. The Morgan fingerprint density at radius 3 is 1.33 bits per heavy atom. The van der Waals surface area contributed by atoms with Crippen LogP contribution in [-0.2, 0) is 33.4 Å². The van der Waals surface area contributed by atoms with E-state index in [0.717, 1.165) is 51.4 Å². The molecular weight excluding hydrogens is 819 g/mol. The third kappa shape index (κ3) is 21.1. The van der Waals surface area contributed by atoms with Gasteiger partial charge in [0.1, 0.15) is 11.8 Å². The van der Waals surface area contributed by atoms with Gasteiger partial charge in [0, 0.05) is 5.56 Å². The number of ether oxygens (including phenoxy) is 3. The van der Waals surface area contributed by atoms with E-state index >= 15 is 0 Å². The molecule has 0 radical (unpaired) electrons. The van der Waals surface area contributed by atoms with Crippen molar-refractivity contribution in [3.63, 3.8) is 0 Å². The number of Topliss-reactive ketones (excluding diaryl/α,β-unsaturated/α-hetero) is 1. The largest absolute Gasteiger partial charge is 0.465 e. The third-order valence-corrected chi connectivity index (χ3v) is 11.3. The smallest absolute Gasteiger partial charge is 0.347 e. The van der Waals surface area contributed by atoms with Crippen molar-refractivity contribution in [3.8, 4) is 0 Å². The molecule has 0 bridgehead atoms. The summed E-state index contributed by atoms with van der Waals surface area (Å²) in [5.41, 5.74) is 0.252. The van der Waals surface area contributed by atoms with E-state index in [0.29, 0.717) is 0 Å². The number of benzene rings is 2. The summed E-state index contributed by atoms with van der Waals surface area (Å²) in [6, 6.07) is 8.26. The van der Waals surface area contributed by atoms with Gasteiger partial charge < -0.3 is 24.8 Å². The van der Waals surface area contributed by atoms with E-state index in [9.17, 15) is 28.8 Å². The van der Waals surface area contributed by atoms with Crippen LogP contribution >= 0.6 is 23.2 Å². The molecule has 3 atom stereocenters. The summed E-state index contributed by atoms with van der Waals surface area (Å²) in [6.07, 6.45) is 21.9. The molecule has 2 N–H and O–H groups in total. The van der Waals surface area contributed by atoms with Crippen LogP contribution in [0, 0.1) is 11.8 Å². The van der Waals surface area contributed by atoms with Gasteiger partial charge in [-0.1, -0.05) is 153 Å². The van der Waals surface area contributed by atoms with Gasteiger partial charge in [0.2, 0.25) is 11.8 Å². The van der Waals surface area contributed by atoms with E-state index in [4.69, 9.17) is 37.4 Å². The lowest BCUT2D eigenvalue weighted by atomic mass is 9.99. The van der Waals surface area contributed by atoms with Crippen molar-refractivity contribution < 1.29 is 43.0 Å². The van der Waals surface area contributed by atoms with Gasteiger partial charge in [-0.25, -0.2) is 9.59 Å². The first-order valence-corrected chi connectivity index (χ1v) is 23.3. The van der Waals surface area contributed by atoms with Crippen LogP contribution in [0.15, 0.2) is 36.4 Å². The summed E-state index contributed by atoms with van der Waals surface area (Å²) in [6.45, 7) is 9.15. The lowest BCUT2D eigenvalue weighted by Gasteiger charge is -2.16. The molecule has 0 aromatic heterocycles. The van der Waals surface area contributed by atoms with Crippen LogP contribution in [0.4, 0.5) is 11.4 Å². The zero-order valence-electron chi connectivity index (χ0n) is 37.2. The van der Waals surface area contributed by atoms with Crippen molar-refractivity contribution in [3.05, 3.63) is 57.6 Å². The predicted octanol–water partition coefficient (Wildman–Crippen LogP) is 12.5. The minimum Gasteiger partial charge on any atom is -0.465 e. The molecule has 0 aliphatic heterocycles. The van der Waals surface area contributed by atoms with Gasteiger partial charge in [-0.3, -0.25) is 19.2 Å². The Hall–Kier alpha value is -3.96. The van der Waals surface area contributed by atoms with E-state index in [2.05, 4.69) is 24.5 Å². The number of esters is 3. The Morgan fingerprint density at radius 1 is 0.508 bits per heavy atom. The van der Waals surface area contributed by atoms with Crippen molar-refractivity contribution in [2.45, 2.75) is 169 Å². The Kier molecular flexibility index (Phi) is 27.0. The number of carbonyl (C=O) groups excluding carboxylic acids is 6. The topological polar surface area (TPSA) is 154 Å². The number of ketones is 1. The number of anilines is 2. The highest BCUT2D eigenvalue weighted by atomic mass is 35.5. The molecule has 0 fully saturated rings. The summed E-state index contributed by atoms with van der Waals surface area (Å²) in [4.78, 5) is 77.7. The molecule has 0 spiro atoms. The van der Waals surface area contributed by atoms with Crippen LogP contribution < -0.4 is 10.6 Å². The number of hydrogen-bond donors (Lipinski definition) is 2. The molecule has 61 heavy (non-hydrogen) atoms. The number of halogens is 2. The number of unbranched alkanes of at least 4 members (excludes halogenated alkanes) is 18. The number of hydrogen-bond acceptors (Lipinski definition) is 9. The highest BCUT2D eigenvalue weighted by Gasteiger charge is 2.27. The molecule has 340 valence electrons. The fraction of sp³-hybridized carbons (Fsp3) is 0.625. The zero-order valence-corrected chi connectivity index (χ0v) is 38.7. The maximum absolute atomic E-state index is 13.2. The number of rotatable bonds is 32. The van der Waals surface area contributed by atoms with Crippen LogP contribution in [0.3, 0.4) is 0 Å². The fourth-order valence-electron chi connectivity index (χ4n) is 6.52. The first-order valence-electron chi connectivity index (χ1n) is 22.6. The zero-order chi connectivity index (χ0) is 45.0. The molecule has 2 aromatic rings. The molecule has 2 rings (SSSR count). The van der Waals surface area contributed by atoms with Crippen LogP contribution in [0.2, 0.25) is 10.0 Å². The molecule has 11 nitrogen and oxygen atoms in total. The second-order valence-electron chi connectivity index (χ2n) is 15.9. The fourth-order valence-corrected chi connectivity index (χ4v) is 6.85. The monoisotopic (exact) mass is 888 g/mol. The molecule has 0 aliphatic rings. The summed E-state index contributed by atoms with van der Waals surface area (Å²) in [5, 5.41) is 5.33. The summed E-state index contributed by atoms with van der Waals surface area (Å²) in [5.74, 6) is -6.49. The Morgan fingerprint density at radius 2 is 0.885 bits per heavy atom. The molecule has 13 heteroatoms. The van der Waals surface area contributed by atoms with Crippen LogP contribution in [0.5, 0.6) is 0 Å². The highest BCUT2D eigenvalue weighted by Crippen LogP contribution is 2.27. The minimum absolute atomic E-state index is 0.0105. The van der Waals surface area contributed by atoms with Gasteiger partial charge in [0.25, 0.3) is 0 Å². The Bertz CT molecular complexity index is 1680. The summed E-state index contributed by atoms with van der Waals surface area (Å²) in [7, 11) is 0. The van der Waals surface area contributed by atoms with E-state index < -0.39 is 53.4 Å². The molecular formula is C48H70Cl2N2O9. The molecule has 0 aliphatic carbocycles. The summed E-state index contributed by atoms with van der Waals surface area (Å²) < 4.78 is 16.0. The number of amides is 2. The van der Waals surface area contributed by atoms with E-state index in [1.165, 1.54) is 134 Å². The van der Waals surface area contributed by atoms with Crippen LogP contribution in [0.25, 0.3) is 0 Å². The van der Waals surface area contributed by atoms with Gasteiger partial charge in [0.15, 0.2) is 11.9 Å². The lowest BCUT2D eigenvalue weighted by molar-refractivity contribution is -0.153. The van der Waals surface area contributed by atoms with Gasteiger partial charge in [-0.2, -0.15) is 0 Å². The molecule has 0 saturated carbocycles. The number of nitrogens with one attached hydrogen (secondary N) is 2. The SMILES string of the molecule is CCCCCCCCCCCCOC(=O)C(C)OC(=O)c1ccc(Cl)c(NC(=O)C(C)C(=O)Nc2cc(C(=O)C(C)C(=O)OCCCCCCCCCCCC)ccc2Cl)c1. The Labute approximate surface area is 374 Å². The second kappa shape index (κ2) is 31.0. The van der Waals surface area contributed by atoms with E-state index in [-0.39, 0.29) is 45.8 Å². The quantitative estimate of drug-likeness (QED) is 0.0240. The highest BCUT2D eigenvalue weighted by molar-refractivity contribution is 6.35. The lowest BCUT2D eigenvalue weighted by Crippen LogP contribution is -2.32. The van der Waals surface area contributed by atoms with Gasteiger partial charge in [-0.15, -0.1) is 0 Å². The third-order valence-electron chi connectivity index (χ3n) is 10.6. The van der Waals surface area contributed by atoms with Gasteiger partial charge in [0.05, 0.1) is 40.2 Å². The molecule has 3 unspecified atom stereocenters. The van der Waals surface area contributed by atoms with E-state index in [1.807, 2.05) is 0 Å². The number of carbonyl (C=O) groups is 6. The average molecular weight is 890 g/mol. The predicted molar refractivity (Wildman–Crippen MR) is 243 cm³/mol. The second-order valence-corrected chi connectivity index (χ2v) is 16.7. The molecule has 2 amide bonds. The first-order chi connectivity index (χ1) is 29.3. The molecule has 2 aromatic carbocycles. The average Bonchev–Trinajstić information content (AvgIpc) is 3.24. The minimum atomic E-state index is -1.29. The molecule has 0 heterocycles. The Balaban J connectivity index is 1.83. The van der Waals surface area contributed by atoms with Crippen molar-refractivity contribution in [2.75, 3.05) is 23.8 Å². The first kappa shape index (κ1) is 53.2. The van der Waals surface area contributed by atoms with Crippen molar-refractivity contribution in [2.24, 2.45) is 11.8 Å². The van der Waals surface area contributed by atoms with Crippen molar-refractivity contribution in [1.82, 2.24) is 0 Å². The van der Waals surface area contributed by atoms with Crippen molar-refractivity contribution in [1.29, 1.82) is 0 Å². The van der Waals surface area contributed by atoms with Crippen LogP contribution in [-0.4, -0.2) is 54.8 Å².